The average molecular weight is 214 g/mol. The van der Waals surface area contributed by atoms with Gasteiger partial charge < -0.3 is 0 Å². The van der Waals surface area contributed by atoms with Gasteiger partial charge in [-0.1, -0.05) is 12.2 Å². The van der Waals surface area contributed by atoms with Gasteiger partial charge in [-0.2, -0.15) is 9.68 Å². The quantitative estimate of drug-likeness (QED) is 0.351. The second-order valence-corrected chi connectivity index (χ2v) is 4.00. The topological polar surface area (TPSA) is 18.5 Å². The lowest BCUT2D eigenvalue weighted by Gasteiger charge is -2.38. The van der Waals surface area contributed by atoms with Gasteiger partial charge in [0.1, 0.15) is 25.3 Å². The number of rotatable bonds is 8. The summed E-state index contributed by atoms with van der Waals surface area (Å²) in [6.45, 7) is 16.6. The Hall–Kier alpha value is -0.640. The highest BCUT2D eigenvalue weighted by Crippen LogP contribution is 2.21. The van der Waals surface area contributed by atoms with Crippen LogP contribution in [0, 0.1) is 0 Å². The normalized spacial score (nSPS) is 12.1. The number of hydroxylamine groups is 4. The van der Waals surface area contributed by atoms with Gasteiger partial charge in [-0.05, 0) is 32.5 Å². The van der Waals surface area contributed by atoms with Crippen LogP contribution in [0.5, 0.6) is 0 Å². The van der Waals surface area contributed by atoms with Crippen LogP contribution in [0.1, 0.15) is 27.7 Å². The highest BCUT2D eigenvalue weighted by atomic mass is 17.0. The summed E-state index contributed by atoms with van der Waals surface area (Å²) in [7, 11) is 0. The van der Waals surface area contributed by atoms with E-state index in [4.69, 9.17) is 9.68 Å². The second kappa shape index (κ2) is 6.77. The Morgan fingerprint density at radius 2 is 1.27 bits per heavy atom. The fraction of sp³-hybridized carbons (Fsp3) is 0.667. The van der Waals surface area contributed by atoms with E-state index in [1.807, 2.05) is 0 Å². The van der Waals surface area contributed by atoms with Crippen LogP contribution in [-0.2, 0) is 9.68 Å². The second-order valence-electron chi connectivity index (χ2n) is 4.00. The molecule has 88 valence electrons. The minimum atomic E-state index is 0.179. The van der Waals surface area contributed by atoms with Crippen molar-refractivity contribution in [3.05, 3.63) is 25.3 Å². The van der Waals surface area contributed by atoms with Crippen LogP contribution in [0.3, 0.4) is 0 Å². The van der Waals surface area contributed by atoms with Crippen molar-refractivity contribution in [2.24, 2.45) is 0 Å². The number of hydrogen-bond donors (Lipinski definition) is 0. The summed E-state index contributed by atoms with van der Waals surface area (Å²) in [4.78, 5) is 11.7. The van der Waals surface area contributed by atoms with Crippen molar-refractivity contribution in [3.63, 3.8) is 0 Å². The average Bonchev–Trinajstić information content (AvgIpc) is 2.17. The largest absolute Gasteiger partial charge is 0.163 e. The first-order chi connectivity index (χ1) is 7.01. The fourth-order valence-corrected chi connectivity index (χ4v) is 1.57. The molecule has 3 nitrogen and oxygen atoms in total. The molecule has 15 heavy (non-hydrogen) atoms. The standard InChI is InChI=1S/C12H24NO2/c1-7-9-14-13(11(3)4,12(5)6)15-10-8-2/h7-8,11-12H,1-2,9-10H2,3-6H3/q+1. The minimum absolute atomic E-state index is 0.179. The van der Waals surface area contributed by atoms with Gasteiger partial charge in [0.15, 0.2) is 0 Å². The van der Waals surface area contributed by atoms with Crippen LogP contribution in [-0.4, -0.2) is 30.1 Å². The lowest BCUT2D eigenvalue weighted by molar-refractivity contribution is -1.27. The maximum Gasteiger partial charge on any atom is 0.147 e. The smallest absolute Gasteiger partial charge is 0.147 e. The number of hydrogen-bond acceptors (Lipinski definition) is 2. The molecule has 0 aliphatic heterocycles. The molecule has 0 saturated heterocycles. The predicted octanol–water partition coefficient (Wildman–Crippen LogP) is 2.86. The van der Waals surface area contributed by atoms with E-state index in [0.717, 1.165) is 0 Å². The molecule has 0 bridgehead atoms. The SMILES string of the molecule is C=CCO[N+](OCC=C)(C(C)C)C(C)C. The molecular formula is C12H24NO2+. The summed E-state index contributed by atoms with van der Waals surface area (Å²) in [5, 5.41) is 0. The molecule has 0 radical (unpaired) electrons. The van der Waals surface area contributed by atoms with E-state index in [1.165, 1.54) is 0 Å². The van der Waals surface area contributed by atoms with Gasteiger partial charge in [0.25, 0.3) is 0 Å². The first-order valence-electron chi connectivity index (χ1n) is 5.40. The first kappa shape index (κ1) is 14.4. The Kier molecular flexibility index (Phi) is 6.48. The van der Waals surface area contributed by atoms with Crippen LogP contribution in [0.2, 0.25) is 0 Å². The molecule has 0 aromatic heterocycles. The van der Waals surface area contributed by atoms with Crippen molar-refractivity contribution in [3.8, 4) is 0 Å². The van der Waals surface area contributed by atoms with E-state index in [9.17, 15) is 0 Å². The Morgan fingerprint density at radius 3 is 1.47 bits per heavy atom. The fourth-order valence-electron chi connectivity index (χ4n) is 1.57. The van der Waals surface area contributed by atoms with Gasteiger partial charge in [-0.15, -0.1) is 13.2 Å². The van der Waals surface area contributed by atoms with E-state index in [0.29, 0.717) is 13.2 Å². The molecule has 0 atom stereocenters. The Morgan fingerprint density at radius 1 is 0.933 bits per heavy atom. The number of quaternary nitrogens is 1. The molecule has 0 amide bonds. The van der Waals surface area contributed by atoms with Gasteiger partial charge in [-0.25, -0.2) is 0 Å². The van der Waals surface area contributed by atoms with Crippen molar-refractivity contribution in [2.45, 2.75) is 39.8 Å². The van der Waals surface area contributed by atoms with E-state index in [2.05, 4.69) is 40.9 Å². The molecular weight excluding hydrogens is 190 g/mol. The monoisotopic (exact) mass is 214 g/mol. The number of nitrogens with zero attached hydrogens (tertiary/aromatic N) is 1. The lowest BCUT2D eigenvalue weighted by Crippen LogP contribution is -2.57. The Balaban J connectivity index is 4.71. The van der Waals surface area contributed by atoms with Crippen molar-refractivity contribution < 1.29 is 14.5 Å². The van der Waals surface area contributed by atoms with Gasteiger partial charge in [0.05, 0.1) is 0 Å². The molecule has 0 unspecified atom stereocenters. The highest BCUT2D eigenvalue weighted by Gasteiger charge is 2.39. The summed E-state index contributed by atoms with van der Waals surface area (Å²) < 4.78 is 0. The van der Waals surface area contributed by atoms with Gasteiger partial charge in [0, 0.05) is 0 Å². The minimum Gasteiger partial charge on any atom is -0.163 e. The molecule has 0 aliphatic rings. The van der Waals surface area contributed by atoms with Crippen molar-refractivity contribution in [2.75, 3.05) is 13.2 Å². The zero-order chi connectivity index (χ0) is 11.9. The molecule has 0 fully saturated rings. The molecule has 0 aromatic carbocycles. The molecule has 0 aliphatic carbocycles. The molecule has 0 heterocycles. The van der Waals surface area contributed by atoms with Gasteiger partial charge >= 0.3 is 0 Å². The van der Waals surface area contributed by atoms with E-state index in [-0.39, 0.29) is 16.9 Å². The molecule has 0 spiro atoms. The maximum atomic E-state index is 5.75. The zero-order valence-electron chi connectivity index (χ0n) is 10.4. The summed E-state index contributed by atoms with van der Waals surface area (Å²) in [5.74, 6) is 0. The van der Waals surface area contributed by atoms with Gasteiger partial charge in [-0.3, -0.25) is 0 Å². The Bertz CT molecular complexity index is 178. The van der Waals surface area contributed by atoms with Gasteiger partial charge in [0.2, 0.25) is 0 Å². The Labute approximate surface area is 93.5 Å². The molecule has 0 saturated carbocycles. The zero-order valence-corrected chi connectivity index (χ0v) is 10.4. The van der Waals surface area contributed by atoms with E-state index < -0.39 is 0 Å². The van der Waals surface area contributed by atoms with Crippen molar-refractivity contribution in [1.29, 1.82) is 0 Å². The van der Waals surface area contributed by atoms with Crippen molar-refractivity contribution in [1.82, 2.24) is 0 Å². The maximum absolute atomic E-state index is 5.75. The summed E-state index contributed by atoms with van der Waals surface area (Å²) >= 11 is 0. The summed E-state index contributed by atoms with van der Waals surface area (Å²) in [6, 6.07) is 0.454. The summed E-state index contributed by atoms with van der Waals surface area (Å²) in [5.41, 5.74) is 0. The summed E-state index contributed by atoms with van der Waals surface area (Å²) in [6.07, 6.45) is 3.46. The third kappa shape index (κ3) is 3.78. The van der Waals surface area contributed by atoms with Crippen LogP contribution in [0.4, 0.5) is 0 Å². The van der Waals surface area contributed by atoms with Crippen molar-refractivity contribution >= 4 is 0 Å². The van der Waals surface area contributed by atoms with Crippen LogP contribution < -0.4 is 0 Å². The first-order valence-corrected chi connectivity index (χ1v) is 5.40. The molecule has 0 N–H and O–H groups in total. The van der Waals surface area contributed by atoms with Crippen LogP contribution in [0.15, 0.2) is 25.3 Å². The van der Waals surface area contributed by atoms with Crippen LogP contribution >= 0.6 is 0 Å². The predicted molar refractivity (Wildman–Crippen MR) is 62.8 cm³/mol. The molecule has 0 aromatic rings. The lowest BCUT2D eigenvalue weighted by atomic mass is 10.3. The molecule has 0 rings (SSSR count). The third-order valence-electron chi connectivity index (χ3n) is 2.23. The van der Waals surface area contributed by atoms with Crippen LogP contribution in [0.25, 0.3) is 0 Å². The van der Waals surface area contributed by atoms with E-state index in [1.54, 1.807) is 12.2 Å². The highest BCUT2D eigenvalue weighted by molar-refractivity contribution is 4.64. The molecule has 3 heteroatoms. The third-order valence-corrected chi connectivity index (χ3v) is 2.23. The van der Waals surface area contributed by atoms with E-state index >= 15 is 0 Å².